The molecule has 3 heterocycles. The Balaban J connectivity index is 1.55. The maximum absolute atomic E-state index is 13.1. The summed E-state index contributed by atoms with van der Waals surface area (Å²) in [5, 5.41) is 3.30. The molecule has 2 aliphatic rings. The van der Waals surface area contributed by atoms with E-state index in [2.05, 4.69) is 25.1 Å². The van der Waals surface area contributed by atoms with E-state index in [4.69, 9.17) is 4.98 Å². The summed E-state index contributed by atoms with van der Waals surface area (Å²) in [7, 11) is 0. The second kappa shape index (κ2) is 8.50. The molecule has 0 spiro atoms. The van der Waals surface area contributed by atoms with Crippen LogP contribution in [0.5, 0.6) is 0 Å². The van der Waals surface area contributed by atoms with Gasteiger partial charge in [-0.1, -0.05) is 12.1 Å². The minimum atomic E-state index is -0.223. The summed E-state index contributed by atoms with van der Waals surface area (Å²) in [4.78, 5) is 18.7. The van der Waals surface area contributed by atoms with Crippen molar-refractivity contribution in [2.45, 2.75) is 45.1 Å². The lowest BCUT2D eigenvalue weighted by Crippen LogP contribution is -2.34. The van der Waals surface area contributed by atoms with Gasteiger partial charge in [0.25, 0.3) is 0 Å². The summed E-state index contributed by atoms with van der Waals surface area (Å²) in [5.74, 6) is 1.91. The number of nitrogens with one attached hydrogen (secondary N) is 1. The summed E-state index contributed by atoms with van der Waals surface area (Å²) in [5.41, 5.74) is 0.996. The zero-order chi connectivity index (χ0) is 18.5. The molecular formula is C20H27FN6. The predicted molar refractivity (Wildman–Crippen MR) is 106 cm³/mol. The Morgan fingerprint density at radius 2 is 1.26 bits per heavy atom. The first-order valence-corrected chi connectivity index (χ1v) is 10.0. The lowest BCUT2D eigenvalue weighted by atomic mass is 10.1. The van der Waals surface area contributed by atoms with Crippen LogP contribution in [0.25, 0.3) is 0 Å². The van der Waals surface area contributed by atoms with Crippen molar-refractivity contribution in [3.8, 4) is 0 Å². The van der Waals surface area contributed by atoms with Crippen molar-refractivity contribution in [1.29, 1.82) is 0 Å². The summed E-state index contributed by atoms with van der Waals surface area (Å²) in [6.45, 7) is 4.56. The van der Waals surface area contributed by atoms with Crippen LogP contribution in [0.3, 0.4) is 0 Å². The van der Waals surface area contributed by atoms with E-state index >= 15 is 0 Å². The molecular weight excluding hydrogens is 343 g/mol. The number of anilines is 3. The van der Waals surface area contributed by atoms with Gasteiger partial charge in [0.05, 0.1) is 0 Å². The third kappa shape index (κ3) is 4.64. The van der Waals surface area contributed by atoms with Gasteiger partial charge in [-0.15, -0.1) is 0 Å². The first-order chi connectivity index (χ1) is 13.3. The van der Waals surface area contributed by atoms with E-state index in [1.54, 1.807) is 12.1 Å². The minimum Gasteiger partial charge on any atom is -0.350 e. The average Bonchev–Trinajstić information content (AvgIpc) is 2.74. The van der Waals surface area contributed by atoms with Crippen molar-refractivity contribution < 1.29 is 4.39 Å². The maximum Gasteiger partial charge on any atom is 0.231 e. The largest absolute Gasteiger partial charge is 0.350 e. The van der Waals surface area contributed by atoms with Crippen LogP contribution in [0.15, 0.2) is 24.3 Å². The van der Waals surface area contributed by atoms with Crippen LogP contribution in [-0.2, 0) is 6.54 Å². The van der Waals surface area contributed by atoms with E-state index in [1.807, 2.05) is 0 Å². The highest BCUT2D eigenvalue weighted by Gasteiger charge is 2.20. The smallest absolute Gasteiger partial charge is 0.231 e. The van der Waals surface area contributed by atoms with Crippen molar-refractivity contribution in [2.24, 2.45) is 0 Å². The van der Waals surface area contributed by atoms with Crippen LogP contribution in [0.1, 0.15) is 44.1 Å². The van der Waals surface area contributed by atoms with E-state index in [1.165, 1.54) is 50.7 Å². The molecule has 0 unspecified atom stereocenters. The van der Waals surface area contributed by atoms with Crippen molar-refractivity contribution in [1.82, 2.24) is 15.0 Å². The molecule has 6 nitrogen and oxygen atoms in total. The molecule has 2 fully saturated rings. The Kier molecular flexibility index (Phi) is 5.65. The van der Waals surface area contributed by atoms with E-state index in [0.29, 0.717) is 12.5 Å². The number of benzene rings is 1. The summed E-state index contributed by atoms with van der Waals surface area (Å²) in [6.07, 6.45) is 7.28. The molecule has 0 amide bonds. The molecule has 0 bridgehead atoms. The summed E-state index contributed by atoms with van der Waals surface area (Å²) in [6, 6.07) is 6.51. The predicted octanol–water partition coefficient (Wildman–Crippen LogP) is 3.60. The van der Waals surface area contributed by atoms with Gasteiger partial charge < -0.3 is 15.1 Å². The molecule has 0 aliphatic carbocycles. The molecule has 1 aromatic heterocycles. The molecule has 27 heavy (non-hydrogen) atoms. The van der Waals surface area contributed by atoms with E-state index in [0.717, 1.165) is 43.6 Å². The highest BCUT2D eigenvalue weighted by atomic mass is 19.1. The Hall–Kier alpha value is -2.44. The van der Waals surface area contributed by atoms with Crippen LogP contribution < -0.4 is 15.1 Å². The minimum absolute atomic E-state index is 0.223. The fraction of sp³-hybridized carbons (Fsp3) is 0.550. The number of aromatic nitrogens is 3. The number of nitrogens with zero attached hydrogens (tertiary/aromatic N) is 5. The first-order valence-electron chi connectivity index (χ1n) is 10.0. The Morgan fingerprint density at radius 3 is 1.78 bits per heavy atom. The van der Waals surface area contributed by atoms with Gasteiger partial charge in [0, 0.05) is 32.7 Å². The van der Waals surface area contributed by atoms with Gasteiger partial charge in [-0.25, -0.2) is 4.39 Å². The molecule has 7 heteroatoms. The highest BCUT2D eigenvalue weighted by Crippen LogP contribution is 2.22. The van der Waals surface area contributed by atoms with Gasteiger partial charge in [0.2, 0.25) is 17.8 Å². The van der Waals surface area contributed by atoms with Gasteiger partial charge in [-0.3, -0.25) is 0 Å². The second-order valence-electron chi connectivity index (χ2n) is 7.33. The zero-order valence-corrected chi connectivity index (χ0v) is 15.7. The van der Waals surface area contributed by atoms with Gasteiger partial charge >= 0.3 is 0 Å². The van der Waals surface area contributed by atoms with Crippen LogP contribution in [0, 0.1) is 5.82 Å². The number of hydrogen-bond donors (Lipinski definition) is 1. The fourth-order valence-corrected chi connectivity index (χ4v) is 3.69. The third-order valence-corrected chi connectivity index (χ3v) is 5.25. The lowest BCUT2D eigenvalue weighted by molar-refractivity contribution is 0.556. The van der Waals surface area contributed by atoms with Crippen LogP contribution in [0.2, 0.25) is 0 Å². The molecule has 144 valence electrons. The van der Waals surface area contributed by atoms with Crippen molar-refractivity contribution in [3.05, 3.63) is 35.6 Å². The number of halogens is 1. The van der Waals surface area contributed by atoms with Gasteiger partial charge in [-0.2, -0.15) is 15.0 Å². The first kappa shape index (κ1) is 17.9. The number of hydrogen-bond acceptors (Lipinski definition) is 6. The van der Waals surface area contributed by atoms with Gasteiger partial charge in [-0.05, 0) is 56.2 Å². The average molecular weight is 370 g/mol. The van der Waals surface area contributed by atoms with E-state index < -0.39 is 0 Å². The molecule has 4 rings (SSSR count). The molecule has 1 aromatic carbocycles. The molecule has 2 aromatic rings. The van der Waals surface area contributed by atoms with E-state index in [9.17, 15) is 4.39 Å². The summed E-state index contributed by atoms with van der Waals surface area (Å²) < 4.78 is 13.1. The van der Waals surface area contributed by atoms with Crippen LogP contribution in [0.4, 0.5) is 22.2 Å². The zero-order valence-electron chi connectivity index (χ0n) is 15.7. The van der Waals surface area contributed by atoms with E-state index in [-0.39, 0.29) is 5.82 Å². The molecule has 2 saturated heterocycles. The lowest BCUT2D eigenvalue weighted by Gasteiger charge is -2.30. The van der Waals surface area contributed by atoms with Gasteiger partial charge in [0.1, 0.15) is 5.82 Å². The SMILES string of the molecule is Fc1ccc(CNc2nc(N3CCCCC3)nc(N3CCCCC3)n2)cc1. The quantitative estimate of drug-likeness (QED) is 0.868. The molecule has 0 atom stereocenters. The van der Waals surface area contributed by atoms with Crippen LogP contribution >= 0.6 is 0 Å². The highest BCUT2D eigenvalue weighted by molar-refractivity contribution is 5.46. The van der Waals surface area contributed by atoms with Gasteiger partial charge in [0.15, 0.2) is 0 Å². The molecule has 0 saturated carbocycles. The second-order valence-corrected chi connectivity index (χ2v) is 7.33. The van der Waals surface area contributed by atoms with Crippen molar-refractivity contribution in [2.75, 3.05) is 41.3 Å². The Labute approximate surface area is 159 Å². The molecule has 2 aliphatic heterocycles. The van der Waals surface area contributed by atoms with Crippen molar-refractivity contribution in [3.63, 3.8) is 0 Å². The monoisotopic (exact) mass is 370 g/mol. The fourth-order valence-electron chi connectivity index (χ4n) is 3.69. The standard InChI is InChI=1S/C20H27FN6/c21-17-9-7-16(8-10-17)15-22-18-23-19(26-11-3-1-4-12-26)25-20(24-18)27-13-5-2-6-14-27/h7-10H,1-6,11-15H2,(H,22,23,24,25). The molecule has 0 radical (unpaired) electrons. The third-order valence-electron chi connectivity index (χ3n) is 5.25. The number of piperidine rings is 2. The normalized spacial score (nSPS) is 17.8. The maximum atomic E-state index is 13.1. The Bertz CT molecular complexity index is 702. The Morgan fingerprint density at radius 1 is 0.741 bits per heavy atom. The van der Waals surface area contributed by atoms with Crippen molar-refractivity contribution >= 4 is 17.8 Å². The summed E-state index contributed by atoms with van der Waals surface area (Å²) >= 11 is 0. The van der Waals surface area contributed by atoms with Crippen LogP contribution in [-0.4, -0.2) is 41.1 Å². The number of rotatable bonds is 5. The molecule has 1 N–H and O–H groups in total. The topological polar surface area (TPSA) is 57.2 Å².